The summed E-state index contributed by atoms with van der Waals surface area (Å²) in [5, 5.41) is 29.9. The molecule has 0 aliphatic carbocycles. The van der Waals surface area contributed by atoms with E-state index >= 15 is 0 Å². The third-order valence-electron chi connectivity index (χ3n) is 29.9. The van der Waals surface area contributed by atoms with Gasteiger partial charge in [0.25, 0.3) is 0 Å². The summed E-state index contributed by atoms with van der Waals surface area (Å²) in [4.78, 5) is 0. The zero-order valence-electron chi connectivity index (χ0n) is 80.3. The van der Waals surface area contributed by atoms with E-state index in [4.69, 9.17) is 0 Å². The Bertz CT molecular complexity index is 9900. The van der Waals surface area contributed by atoms with Crippen LogP contribution in [0, 0.1) is 11.3 Å². The second kappa shape index (κ2) is 36.6. The van der Waals surface area contributed by atoms with Gasteiger partial charge >= 0.3 is 0 Å². The van der Waals surface area contributed by atoms with Crippen molar-refractivity contribution in [2.24, 2.45) is 0 Å². The molecule has 0 atom stereocenters. The van der Waals surface area contributed by atoms with Gasteiger partial charge in [0, 0.05) is 98.5 Å². The van der Waals surface area contributed by atoms with Gasteiger partial charge in [-0.2, -0.15) is 5.26 Å². The molecular weight excluding hydrogens is 1800 g/mol. The number of hydrogen-bond acceptors (Lipinski definition) is 1. The predicted octanol–water partition coefficient (Wildman–Crippen LogP) is 33.2. The summed E-state index contributed by atoms with van der Waals surface area (Å²) in [7, 11) is -2.71. The van der Waals surface area contributed by atoms with Gasteiger partial charge in [0.05, 0.1) is 89.2 Å². The zero-order chi connectivity index (χ0) is 97.4. The first-order valence-corrected chi connectivity index (χ1v) is 52.3. The maximum atomic E-state index is 9.50. The summed E-state index contributed by atoms with van der Waals surface area (Å²) < 4.78 is 14.3. The molecule has 29 rings (SSSR count). The van der Waals surface area contributed by atoms with E-state index in [1.54, 1.807) is 0 Å². The van der Waals surface area contributed by atoms with Crippen molar-refractivity contribution < 1.29 is 0 Å². The fourth-order valence-corrected chi connectivity index (χ4v) is 28.2. The van der Waals surface area contributed by atoms with Crippen LogP contribution in [0.25, 0.3) is 221 Å². The monoisotopic (exact) mass is 1890 g/mol. The Morgan fingerprint density at radius 1 is 0.143 bits per heavy atom. The third kappa shape index (κ3) is 14.8. The quantitative estimate of drug-likeness (QED) is 0.0745. The molecule has 688 valence electrons. The number of nitrogens with zero attached hydrogens (tertiary/aromatic N) is 7. The molecule has 0 fully saturated rings. The lowest BCUT2D eigenvalue weighted by molar-refractivity contribution is 1.18. The highest BCUT2D eigenvalue weighted by Crippen LogP contribution is 2.46. The standard InChI is InChI=1S/C54H38N2Si.C48H32N2.C37H23N3/c1-5-18-41(19-6-1)55-51-30-15-13-28-47(51)49-36-39(32-34-53(49)55)40-33-35-54-50(37-40)48-29-14-16-31-52(48)56(54)42-20-17-27-46(38-42)57(43-21-7-2-8-22-43,44-23-9-3-10-24-44)45-25-11-4-12-26-45;1-3-15-33(16-4-1)37-19-7-11-23-43(37)49-45-25-13-9-21-39(45)41-31-35(27-29-47(41)49)36-28-30-48-42(32-36)40-22-10-14-26-46(40)50(48)44-24-12-8-20-38(44)34-17-5-2-6-18-34;38-24-25-9-8-12-29(21-25)40-35-16-7-5-14-31(35)33-23-27(18-20-37(33)40)26-17-19-36-32(22-26)30-13-4-6-15-34(30)39(36)28-10-2-1-3-11-28/h1-38H;1-32H;1-23H. The molecule has 0 amide bonds. The second-order valence-electron chi connectivity index (χ2n) is 38.0. The maximum Gasteiger partial charge on any atom is 0.179 e. The van der Waals surface area contributed by atoms with Crippen LogP contribution in [0.4, 0.5) is 0 Å². The number of aromatic nitrogens is 6. The Balaban J connectivity index is 0.000000111. The fraction of sp³-hybridized carbons (Fsp3) is 0. The molecule has 0 saturated carbocycles. The van der Waals surface area contributed by atoms with Crippen molar-refractivity contribution in [1.82, 2.24) is 27.4 Å². The predicted molar refractivity (Wildman–Crippen MR) is 621 cm³/mol. The lowest BCUT2D eigenvalue weighted by Crippen LogP contribution is -2.74. The maximum absolute atomic E-state index is 9.50. The lowest BCUT2D eigenvalue weighted by atomic mass is 10.0. The summed E-state index contributed by atoms with van der Waals surface area (Å²) in [5.41, 5.74) is 33.9. The van der Waals surface area contributed by atoms with Crippen LogP contribution in [-0.4, -0.2) is 35.5 Å². The summed E-state index contributed by atoms with van der Waals surface area (Å²) in [6, 6.07) is 207. The Morgan fingerprint density at radius 3 is 0.667 bits per heavy atom. The van der Waals surface area contributed by atoms with Crippen molar-refractivity contribution in [3.63, 3.8) is 0 Å². The number of rotatable bonds is 15. The molecule has 6 aromatic heterocycles. The molecule has 0 saturated heterocycles. The number of para-hydroxylation sites is 10. The van der Waals surface area contributed by atoms with Crippen LogP contribution in [-0.2, 0) is 0 Å². The second-order valence-corrected chi connectivity index (χ2v) is 41.8. The topological polar surface area (TPSA) is 53.4 Å². The Hall–Kier alpha value is -19.4. The number of fused-ring (bicyclic) bond motifs is 18. The van der Waals surface area contributed by atoms with Gasteiger partial charge in [-0.1, -0.05) is 388 Å². The highest BCUT2D eigenvalue weighted by molar-refractivity contribution is 7.20. The first kappa shape index (κ1) is 86.7. The summed E-state index contributed by atoms with van der Waals surface area (Å²) in [6.45, 7) is 0. The molecule has 6 heterocycles. The number of benzene rings is 23. The van der Waals surface area contributed by atoms with E-state index in [1.165, 1.54) is 219 Å². The third-order valence-corrected chi connectivity index (χ3v) is 34.7. The summed E-state index contributed by atoms with van der Waals surface area (Å²) >= 11 is 0. The summed E-state index contributed by atoms with van der Waals surface area (Å²) in [5.74, 6) is 0. The lowest BCUT2D eigenvalue weighted by Gasteiger charge is -2.34. The van der Waals surface area contributed by atoms with Crippen molar-refractivity contribution in [2.45, 2.75) is 0 Å². The molecule has 147 heavy (non-hydrogen) atoms. The number of hydrogen-bond donors (Lipinski definition) is 0. The zero-order valence-corrected chi connectivity index (χ0v) is 81.3. The smallest absolute Gasteiger partial charge is 0.179 e. The van der Waals surface area contributed by atoms with Gasteiger partial charge in [0.15, 0.2) is 8.07 Å². The highest BCUT2D eigenvalue weighted by Gasteiger charge is 2.42. The minimum Gasteiger partial charge on any atom is -0.309 e. The molecular formula is C139H93N7Si. The first-order chi connectivity index (χ1) is 72.9. The molecule has 23 aromatic carbocycles. The molecule has 8 heteroatoms. The van der Waals surface area contributed by atoms with Gasteiger partial charge in [-0.15, -0.1) is 0 Å². The van der Waals surface area contributed by atoms with E-state index in [0.29, 0.717) is 5.56 Å². The molecule has 0 spiro atoms. The molecule has 29 aromatic rings. The van der Waals surface area contributed by atoms with Crippen molar-refractivity contribution in [1.29, 1.82) is 5.26 Å². The molecule has 7 nitrogen and oxygen atoms in total. The van der Waals surface area contributed by atoms with Gasteiger partial charge in [-0.3, -0.25) is 0 Å². The van der Waals surface area contributed by atoms with E-state index in [2.05, 4.69) is 579 Å². The minimum absolute atomic E-state index is 0.656. The Morgan fingerprint density at radius 2 is 0.361 bits per heavy atom. The van der Waals surface area contributed by atoms with Crippen LogP contribution in [0.15, 0.2) is 564 Å². The van der Waals surface area contributed by atoms with Crippen LogP contribution < -0.4 is 20.7 Å². The summed E-state index contributed by atoms with van der Waals surface area (Å²) in [6.07, 6.45) is 0. The Labute approximate surface area is 851 Å². The Kier molecular flexibility index (Phi) is 21.6. The largest absolute Gasteiger partial charge is 0.309 e. The molecule has 0 aliphatic rings. The van der Waals surface area contributed by atoms with Gasteiger partial charge in [-0.25, -0.2) is 0 Å². The van der Waals surface area contributed by atoms with E-state index in [0.717, 1.165) is 22.4 Å². The van der Waals surface area contributed by atoms with Crippen molar-refractivity contribution >= 4 is 160 Å². The highest BCUT2D eigenvalue weighted by atomic mass is 28.3. The normalized spacial score (nSPS) is 11.7. The molecule has 0 radical (unpaired) electrons. The first-order valence-electron chi connectivity index (χ1n) is 50.3. The van der Waals surface area contributed by atoms with Crippen LogP contribution in [0.3, 0.4) is 0 Å². The van der Waals surface area contributed by atoms with Crippen LogP contribution in [0.1, 0.15) is 5.56 Å². The van der Waals surface area contributed by atoms with Crippen molar-refractivity contribution in [3.05, 3.63) is 570 Å². The van der Waals surface area contributed by atoms with E-state index < -0.39 is 8.07 Å². The molecule has 0 bridgehead atoms. The van der Waals surface area contributed by atoms with E-state index in [-0.39, 0.29) is 0 Å². The SMILES string of the molecule is N#Cc1cccc(-n2c3ccccc3c3cc(-c4ccc5c(c4)c4ccccc4n5-c4ccccc4)ccc32)c1.c1ccc(-c2ccccc2-n2c3ccccc3c3cc(-c4ccc5c(c4)c4ccccc4n5-c4ccccc4-c4ccccc4)ccc32)cc1.c1ccc(-n2c3ccccc3c3cc(-c4ccc5c(c4)c4ccccc4n5-c4cccc([Si](c5ccccc5)(c5ccccc5)c5ccccc5)c4)ccc32)cc1. The molecule has 0 unspecified atom stereocenters. The fourth-order valence-electron chi connectivity index (χ4n) is 23.4. The van der Waals surface area contributed by atoms with Crippen LogP contribution in [0.2, 0.25) is 0 Å². The minimum atomic E-state index is -2.71. The van der Waals surface area contributed by atoms with E-state index in [9.17, 15) is 5.26 Å². The average molecular weight is 1890 g/mol. The van der Waals surface area contributed by atoms with Gasteiger partial charge < -0.3 is 27.4 Å². The number of nitriles is 1. The van der Waals surface area contributed by atoms with Gasteiger partial charge in [0.2, 0.25) is 0 Å². The molecule has 0 aliphatic heterocycles. The molecule has 0 N–H and O–H groups in total. The van der Waals surface area contributed by atoms with Crippen LogP contribution in [0.5, 0.6) is 0 Å². The van der Waals surface area contributed by atoms with Crippen molar-refractivity contribution in [3.8, 4) is 95.8 Å². The van der Waals surface area contributed by atoms with Crippen molar-refractivity contribution in [2.75, 3.05) is 0 Å². The van der Waals surface area contributed by atoms with Gasteiger partial charge in [-0.05, 0) is 241 Å². The van der Waals surface area contributed by atoms with Gasteiger partial charge in [0.1, 0.15) is 0 Å². The average Bonchev–Trinajstić information content (AvgIpc) is 1.38. The van der Waals surface area contributed by atoms with E-state index in [1.807, 2.05) is 18.2 Å². The van der Waals surface area contributed by atoms with Crippen LogP contribution >= 0.6 is 0 Å².